The summed E-state index contributed by atoms with van der Waals surface area (Å²) in [6.07, 6.45) is 9.23. The molecule has 146 valence electrons. The Bertz CT molecular complexity index is 986. The highest BCUT2D eigenvalue weighted by Crippen LogP contribution is 2.23. The van der Waals surface area contributed by atoms with E-state index in [2.05, 4.69) is 9.97 Å². The summed E-state index contributed by atoms with van der Waals surface area (Å²) in [6, 6.07) is 4.94. The maximum absolute atomic E-state index is 13.6. The largest absolute Gasteiger partial charge is 0.342 e. The van der Waals surface area contributed by atoms with Crippen LogP contribution < -0.4 is 0 Å². The Labute approximate surface area is 163 Å². The molecular weight excluding hydrogens is 357 g/mol. The number of halogens is 1. The minimum Gasteiger partial charge on any atom is -0.342 e. The fourth-order valence-electron chi connectivity index (χ4n) is 3.88. The lowest BCUT2D eigenvalue weighted by atomic mass is 9.93. The molecule has 0 aliphatic carbocycles. The van der Waals surface area contributed by atoms with Gasteiger partial charge in [0.05, 0.1) is 6.20 Å². The van der Waals surface area contributed by atoms with Crippen molar-refractivity contribution >= 4 is 11.6 Å². The molecular formula is C21H24FN5O. The van der Waals surface area contributed by atoms with E-state index in [0.29, 0.717) is 29.5 Å². The number of fused-ring (bicyclic) bond motifs is 1. The van der Waals surface area contributed by atoms with Crippen molar-refractivity contribution in [1.82, 2.24) is 24.3 Å². The molecule has 1 amide bonds. The van der Waals surface area contributed by atoms with Crippen molar-refractivity contribution in [2.24, 2.45) is 5.92 Å². The van der Waals surface area contributed by atoms with E-state index in [0.717, 1.165) is 44.5 Å². The van der Waals surface area contributed by atoms with Crippen molar-refractivity contribution in [2.75, 3.05) is 13.1 Å². The average Bonchev–Trinajstić information content (AvgIpc) is 3.11. The molecule has 3 aromatic rings. The number of amides is 1. The number of carbonyl (C=O) groups is 1. The van der Waals surface area contributed by atoms with Gasteiger partial charge in [-0.2, -0.15) is 0 Å². The first kappa shape index (κ1) is 18.5. The Balaban J connectivity index is 1.52. The van der Waals surface area contributed by atoms with Crippen LogP contribution in [0.25, 0.3) is 17.2 Å². The van der Waals surface area contributed by atoms with Gasteiger partial charge in [0.25, 0.3) is 0 Å². The van der Waals surface area contributed by atoms with Gasteiger partial charge in [0.15, 0.2) is 5.82 Å². The Morgan fingerprint density at radius 1 is 1.29 bits per heavy atom. The Morgan fingerprint density at radius 3 is 3.04 bits per heavy atom. The number of likely N-dealkylation sites (tertiary alicyclic amines) is 1. The molecule has 1 aliphatic heterocycles. The first-order valence-electron chi connectivity index (χ1n) is 9.86. The summed E-state index contributed by atoms with van der Waals surface area (Å²) in [6.45, 7) is 3.69. The number of pyridine rings is 1. The quantitative estimate of drug-likeness (QED) is 0.678. The number of carbonyl (C=O) groups excluding carboxylic acids is 1. The van der Waals surface area contributed by atoms with Crippen molar-refractivity contribution in [3.05, 3.63) is 48.3 Å². The summed E-state index contributed by atoms with van der Waals surface area (Å²) < 4.78 is 15.3. The van der Waals surface area contributed by atoms with Gasteiger partial charge < -0.3 is 4.90 Å². The molecule has 4 rings (SSSR count). The lowest BCUT2D eigenvalue weighted by molar-refractivity contribution is -0.133. The highest BCUT2D eigenvalue weighted by Gasteiger charge is 2.24. The zero-order valence-corrected chi connectivity index (χ0v) is 16.0. The summed E-state index contributed by atoms with van der Waals surface area (Å²) in [5.74, 6) is 0.854. The van der Waals surface area contributed by atoms with Gasteiger partial charge in [-0.3, -0.25) is 9.20 Å². The summed E-state index contributed by atoms with van der Waals surface area (Å²) >= 11 is 0. The second kappa shape index (κ2) is 8.04. The summed E-state index contributed by atoms with van der Waals surface area (Å²) in [5.41, 5.74) is 2.26. The van der Waals surface area contributed by atoms with E-state index < -0.39 is 0 Å². The molecule has 4 heterocycles. The number of nitrogens with zero attached hydrogens (tertiary/aromatic N) is 5. The van der Waals surface area contributed by atoms with Crippen LogP contribution in [0.2, 0.25) is 0 Å². The molecule has 28 heavy (non-hydrogen) atoms. The molecule has 0 N–H and O–H groups in total. The first-order valence-corrected chi connectivity index (χ1v) is 9.86. The molecule has 3 aromatic heterocycles. The van der Waals surface area contributed by atoms with Gasteiger partial charge in [-0.15, -0.1) is 0 Å². The van der Waals surface area contributed by atoms with Crippen molar-refractivity contribution in [1.29, 1.82) is 0 Å². The van der Waals surface area contributed by atoms with Crippen LogP contribution in [-0.2, 0) is 11.2 Å². The van der Waals surface area contributed by atoms with Gasteiger partial charge in [0.2, 0.25) is 5.91 Å². The number of hydrogen-bond acceptors (Lipinski definition) is 4. The van der Waals surface area contributed by atoms with Crippen LogP contribution in [-0.4, -0.2) is 43.2 Å². The van der Waals surface area contributed by atoms with Crippen LogP contribution in [0.5, 0.6) is 0 Å². The Hall–Kier alpha value is -2.83. The van der Waals surface area contributed by atoms with E-state index in [1.54, 1.807) is 22.9 Å². The van der Waals surface area contributed by atoms with E-state index in [4.69, 9.17) is 4.98 Å². The third-order valence-electron chi connectivity index (χ3n) is 5.25. The lowest BCUT2D eigenvalue weighted by Crippen LogP contribution is -2.40. The molecule has 0 radical (unpaired) electrons. The molecule has 0 bridgehead atoms. The molecule has 0 saturated carbocycles. The second-order valence-corrected chi connectivity index (χ2v) is 7.39. The minimum atomic E-state index is -0.332. The zero-order chi connectivity index (χ0) is 19.5. The summed E-state index contributed by atoms with van der Waals surface area (Å²) in [5, 5.41) is 0. The predicted octanol–water partition coefficient (Wildman–Crippen LogP) is 3.51. The molecule has 7 heteroatoms. The number of rotatable bonds is 5. The summed E-state index contributed by atoms with van der Waals surface area (Å²) in [7, 11) is 0. The fraction of sp³-hybridized carbons (Fsp3) is 0.429. The zero-order valence-electron chi connectivity index (χ0n) is 16.0. The molecule has 6 nitrogen and oxygen atoms in total. The van der Waals surface area contributed by atoms with Gasteiger partial charge in [0.1, 0.15) is 17.2 Å². The van der Waals surface area contributed by atoms with Gasteiger partial charge in [-0.1, -0.05) is 6.92 Å². The van der Waals surface area contributed by atoms with Gasteiger partial charge >= 0.3 is 0 Å². The molecule has 1 aliphatic rings. The van der Waals surface area contributed by atoms with Gasteiger partial charge in [-0.25, -0.2) is 19.3 Å². The smallest absolute Gasteiger partial charge is 0.222 e. The molecule has 1 saturated heterocycles. The Morgan fingerprint density at radius 2 is 2.18 bits per heavy atom. The SMILES string of the molecule is CCCC(=O)N1CCC[C@@H](Cc2ccnc(-c3cnc4ccc(F)cn34)n2)C1. The topological polar surface area (TPSA) is 63.4 Å². The molecule has 1 atom stereocenters. The average molecular weight is 381 g/mol. The van der Waals surface area contributed by atoms with Gasteiger partial charge in [-0.05, 0) is 49.8 Å². The normalized spacial score (nSPS) is 17.2. The van der Waals surface area contributed by atoms with E-state index in [1.807, 2.05) is 17.9 Å². The summed E-state index contributed by atoms with van der Waals surface area (Å²) in [4.78, 5) is 27.6. The Kier molecular flexibility index (Phi) is 5.32. The van der Waals surface area contributed by atoms with Crippen LogP contribution in [0, 0.1) is 11.7 Å². The maximum Gasteiger partial charge on any atom is 0.222 e. The number of hydrogen-bond donors (Lipinski definition) is 0. The van der Waals surface area contributed by atoms with Crippen LogP contribution >= 0.6 is 0 Å². The number of imidazole rings is 1. The van der Waals surface area contributed by atoms with Crippen molar-refractivity contribution in [3.8, 4) is 11.5 Å². The first-order chi connectivity index (χ1) is 13.6. The molecule has 0 spiro atoms. The second-order valence-electron chi connectivity index (χ2n) is 7.39. The van der Waals surface area contributed by atoms with Crippen LogP contribution in [0.3, 0.4) is 0 Å². The van der Waals surface area contributed by atoms with Crippen LogP contribution in [0.4, 0.5) is 4.39 Å². The molecule has 0 unspecified atom stereocenters. The standard InChI is InChI=1S/C21H24FN5O/c1-2-4-20(28)26-10-3-5-15(13-26)11-17-8-9-23-21(25-17)18-12-24-19-7-6-16(22)14-27(18)19/h6-9,12,14-15H,2-5,10-11,13H2,1H3/t15-/m0/s1. The van der Waals surface area contributed by atoms with Crippen LogP contribution in [0.15, 0.2) is 36.8 Å². The molecule has 0 aromatic carbocycles. The highest BCUT2D eigenvalue weighted by molar-refractivity contribution is 5.76. The monoisotopic (exact) mass is 381 g/mol. The minimum absolute atomic E-state index is 0.253. The highest BCUT2D eigenvalue weighted by atomic mass is 19.1. The predicted molar refractivity (Wildman–Crippen MR) is 104 cm³/mol. The van der Waals surface area contributed by atoms with Gasteiger partial charge in [0, 0.05) is 37.6 Å². The van der Waals surface area contributed by atoms with E-state index in [9.17, 15) is 9.18 Å². The van der Waals surface area contributed by atoms with E-state index in [1.165, 1.54) is 12.3 Å². The third-order valence-corrected chi connectivity index (χ3v) is 5.25. The van der Waals surface area contributed by atoms with Crippen molar-refractivity contribution in [3.63, 3.8) is 0 Å². The fourth-order valence-corrected chi connectivity index (χ4v) is 3.88. The van der Waals surface area contributed by atoms with Crippen LogP contribution in [0.1, 0.15) is 38.3 Å². The number of piperidine rings is 1. The van der Waals surface area contributed by atoms with E-state index in [-0.39, 0.29) is 11.7 Å². The van der Waals surface area contributed by atoms with Crippen molar-refractivity contribution in [2.45, 2.75) is 39.0 Å². The number of aromatic nitrogens is 4. The van der Waals surface area contributed by atoms with Crippen molar-refractivity contribution < 1.29 is 9.18 Å². The lowest BCUT2D eigenvalue weighted by Gasteiger charge is -2.32. The molecule has 1 fully saturated rings. The maximum atomic E-state index is 13.6. The third kappa shape index (κ3) is 3.88. The van der Waals surface area contributed by atoms with E-state index >= 15 is 0 Å².